The van der Waals surface area contributed by atoms with Crippen molar-refractivity contribution in [1.29, 1.82) is 0 Å². The van der Waals surface area contributed by atoms with Crippen LogP contribution in [0.3, 0.4) is 0 Å². The molecule has 0 bridgehead atoms. The maximum atomic E-state index is 12.3. The van der Waals surface area contributed by atoms with E-state index in [1.54, 1.807) is 6.20 Å². The smallest absolute Gasteiger partial charge is 0.254 e. The number of thiazole rings is 1. The monoisotopic (exact) mass is 304 g/mol. The SMILES string of the molecule is O=S(=O)(c1cnc(Cl)s1)N1CCn2ccnc2C1. The number of hydrogen-bond acceptors (Lipinski definition) is 5. The van der Waals surface area contributed by atoms with E-state index in [-0.39, 0.29) is 15.2 Å². The van der Waals surface area contributed by atoms with E-state index in [1.165, 1.54) is 10.5 Å². The van der Waals surface area contributed by atoms with E-state index < -0.39 is 10.0 Å². The third-order valence-electron chi connectivity index (χ3n) is 2.76. The Bertz CT molecular complexity index is 678. The minimum atomic E-state index is -3.51. The van der Waals surface area contributed by atoms with Crippen LogP contribution in [0, 0.1) is 0 Å². The van der Waals surface area contributed by atoms with E-state index in [0.29, 0.717) is 13.1 Å². The average molecular weight is 305 g/mol. The van der Waals surface area contributed by atoms with Crippen molar-refractivity contribution in [2.24, 2.45) is 0 Å². The molecule has 3 heterocycles. The number of rotatable bonds is 2. The lowest BCUT2D eigenvalue weighted by molar-refractivity contribution is 0.336. The highest BCUT2D eigenvalue weighted by Crippen LogP contribution is 2.27. The molecule has 0 atom stereocenters. The minimum absolute atomic E-state index is 0.174. The molecule has 0 unspecified atom stereocenters. The summed E-state index contributed by atoms with van der Waals surface area (Å²) >= 11 is 6.65. The molecule has 9 heteroatoms. The molecule has 96 valence electrons. The average Bonchev–Trinajstić information content (AvgIpc) is 2.96. The fourth-order valence-electron chi connectivity index (χ4n) is 1.84. The number of nitrogens with zero attached hydrogens (tertiary/aromatic N) is 4. The van der Waals surface area contributed by atoms with Crippen molar-refractivity contribution in [3.8, 4) is 0 Å². The van der Waals surface area contributed by atoms with Gasteiger partial charge in [0, 0.05) is 25.5 Å². The molecule has 0 aromatic carbocycles. The molecule has 0 aliphatic carbocycles. The first-order valence-electron chi connectivity index (χ1n) is 5.19. The summed E-state index contributed by atoms with van der Waals surface area (Å²) in [6.45, 7) is 1.33. The fourth-order valence-corrected chi connectivity index (χ4v) is 4.68. The maximum Gasteiger partial charge on any atom is 0.254 e. The number of sulfonamides is 1. The molecule has 18 heavy (non-hydrogen) atoms. The maximum absolute atomic E-state index is 12.3. The Kier molecular flexibility index (Phi) is 2.89. The van der Waals surface area contributed by atoms with Crippen molar-refractivity contribution in [3.63, 3.8) is 0 Å². The van der Waals surface area contributed by atoms with E-state index in [4.69, 9.17) is 11.6 Å². The van der Waals surface area contributed by atoms with Crippen molar-refractivity contribution in [3.05, 3.63) is 28.9 Å². The number of imidazole rings is 1. The molecule has 0 spiro atoms. The lowest BCUT2D eigenvalue weighted by Gasteiger charge is -2.26. The van der Waals surface area contributed by atoms with E-state index >= 15 is 0 Å². The van der Waals surface area contributed by atoms with Gasteiger partial charge in [-0.3, -0.25) is 0 Å². The summed E-state index contributed by atoms with van der Waals surface area (Å²) < 4.78 is 28.4. The molecule has 0 saturated carbocycles. The Hall–Kier alpha value is -0.960. The summed E-state index contributed by atoms with van der Waals surface area (Å²) in [5.41, 5.74) is 0. The Morgan fingerprint density at radius 3 is 2.89 bits per heavy atom. The predicted octanol–water partition coefficient (Wildman–Crippen LogP) is 1.20. The Balaban J connectivity index is 1.92. The molecule has 3 rings (SSSR count). The van der Waals surface area contributed by atoms with Crippen molar-refractivity contribution < 1.29 is 8.42 Å². The first-order chi connectivity index (χ1) is 8.57. The molecule has 2 aromatic heterocycles. The van der Waals surface area contributed by atoms with Gasteiger partial charge in [-0.1, -0.05) is 22.9 Å². The first-order valence-corrected chi connectivity index (χ1v) is 7.82. The van der Waals surface area contributed by atoms with Crippen LogP contribution in [0.1, 0.15) is 5.82 Å². The molecular weight excluding hydrogens is 296 g/mol. The second kappa shape index (κ2) is 4.30. The molecule has 0 saturated heterocycles. The molecule has 0 amide bonds. The molecule has 1 aliphatic rings. The van der Waals surface area contributed by atoms with Crippen LogP contribution in [-0.2, 0) is 23.1 Å². The number of fused-ring (bicyclic) bond motifs is 1. The molecule has 1 aliphatic heterocycles. The third kappa shape index (κ3) is 1.95. The Morgan fingerprint density at radius 1 is 1.33 bits per heavy atom. The minimum Gasteiger partial charge on any atom is -0.333 e. The molecule has 0 N–H and O–H groups in total. The van der Waals surface area contributed by atoms with Gasteiger partial charge in [0.25, 0.3) is 10.0 Å². The van der Waals surface area contributed by atoms with E-state index in [0.717, 1.165) is 17.2 Å². The van der Waals surface area contributed by atoms with E-state index in [2.05, 4.69) is 9.97 Å². The second-order valence-corrected chi connectivity index (χ2v) is 7.59. The van der Waals surface area contributed by atoms with Gasteiger partial charge in [-0.05, 0) is 0 Å². The standard InChI is InChI=1S/C9H9ClN4O2S2/c10-9-12-5-8(17-9)18(15,16)14-4-3-13-2-1-11-7(13)6-14/h1-2,5H,3-4,6H2. The largest absolute Gasteiger partial charge is 0.333 e. The highest BCUT2D eigenvalue weighted by Gasteiger charge is 2.30. The highest BCUT2D eigenvalue weighted by molar-refractivity contribution is 7.91. The lowest BCUT2D eigenvalue weighted by Crippen LogP contribution is -2.37. The van der Waals surface area contributed by atoms with Crippen LogP contribution in [0.15, 0.2) is 22.8 Å². The highest BCUT2D eigenvalue weighted by atomic mass is 35.5. The topological polar surface area (TPSA) is 68.1 Å². The van der Waals surface area contributed by atoms with Crippen LogP contribution < -0.4 is 0 Å². The summed E-state index contributed by atoms with van der Waals surface area (Å²) in [5.74, 6) is 0.750. The van der Waals surface area contributed by atoms with Gasteiger partial charge in [-0.2, -0.15) is 4.31 Å². The lowest BCUT2D eigenvalue weighted by atomic mass is 10.4. The summed E-state index contributed by atoms with van der Waals surface area (Å²) in [5, 5.41) is 0. The summed E-state index contributed by atoms with van der Waals surface area (Å²) in [7, 11) is -3.51. The van der Waals surface area contributed by atoms with Gasteiger partial charge in [0.1, 0.15) is 5.82 Å². The zero-order chi connectivity index (χ0) is 12.8. The van der Waals surface area contributed by atoms with Crippen LogP contribution in [0.2, 0.25) is 4.47 Å². The summed E-state index contributed by atoms with van der Waals surface area (Å²) in [4.78, 5) is 7.91. The Labute approximate surface area is 113 Å². The molecular formula is C9H9ClN4O2S2. The van der Waals surface area contributed by atoms with E-state index in [9.17, 15) is 8.42 Å². The van der Waals surface area contributed by atoms with Gasteiger partial charge < -0.3 is 4.57 Å². The van der Waals surface area contributed by atoms with Crippen molar-refractivity contribution in [1.82, 2.24) is 18.8 Å². The Morgan fingerprint density at radius 2 is 2.17 bits per heavy atom. The van der Waals surface area contributed by atoms with Crippen molar-refractivity contribution in [2.45, 2.75) is 17.3 Å². The fraction of sp³-hybridized carbons (Fsp3) is 0.333. The van der Waals surface area contributed by atoms with E-state index in [1.807, 2.05) is 10.8 Å². The normalized spacial score (nSPS) is 16.7. The molecule has 6 nitrogen and oxygen atoms in total. The number of halogens is 1. The summed E-state index contributed by atoms with van der Waals surface area (Å²) in [6.07, 6.45) is 4.82. The van der Waals surface area contributed by atoms with Gasteiger partial charge in [0.05, 0.1) is 12.7 Å². The van der Waals surface area contributed by atoms with Gasteiger partial charge >= 0.3 is 0 Å². The van der Waals surface area contributed by atoms with Gasteiger partial charge in [-0.25, -0.2) is 18.4 Å². The zero-order valence-electron chi connectivity index (χ0n) is 9.15. The molecule has 0 fully saturated rings. The van der Waals surface area contributed by atoms with Crippen molar-refractivity contribution >= 4 is 33.0 Å². The number of aromatic nitrogens is 3. The van der Waals surface area contributed by atoms with Gasteiger partial charge in [0.15, 0.2) is 8.68 Å². The first kappa shape index (κ1) is 12.1. The van der Waals surface area contributed by atoms with Crippen LogP contribution in [0.4, 0.5) is 0 Å². The second-order valence-electron chi connectivity index (χ2n) is 3.81. The predicted molar refractivity (Wildman–Crippen MR) is 66.9 cm³/mol. The van der Waals surface area contributed by atoms with Crippen LogP contribution in [0.25, 0.3) is 0 Å². The van der Waals surface area contributed by atoms with Crippen LogP contribution >= 0.6 is 22.9 Å². The molecule has 0 radical (unpaired) electrons. The molecule has 2 aromatic rings. The van der Waals surface area contributed by atoms with Gasteiger partial charge in [-0.15, -0.1) is 0 Å². The summed E-state index contributed by atoms with van der Waals surface area (Å²) in [6, 6.07) is 0. The number of hydrogen-bond donors (Lipinski definition) is 0. The zero-order valence-corrected chi connectivity index (χ0v) is 11.5. The van der Waals surface area contributed by atoms with Crippen LogP contribution in [-0.4, -0.2) is 33.8 Å². The van der Waals surface area contributed by atoms with Crippen molar-refractivity contribution in [2.75, 3.05) is 6.54 Å². The quantitative estimate of drug-likeness (QED) is 0.836. The third-order valence-corrected chi connectivity index (χ3v) is 6.16. The van der Waals surface area contributed by atoms with Gasteiger partial charge in [0.2, 0.25) is 0 Å². The van der Waals surface area contributed by atoms with Crippen LogP contribution in [0.5, 0.6) is 0 Å².